The van der Waals surface area contributed by atoms with Crippen LogP contribution in [-0.4, -0.2) is 34.9 Å². The minimum atomic E-state index is -3.21. The van der Waals surface area contributed by atoms with Crippen LogP contribution in [-0.2, 0) is 29.9 Å². The molecule has 0 amide bonds. The zero-order valence-corrected chi connectivity index (χ0v) is 76.5. The van der Waals surface area contributed by atoms with Gasteiger partial charge >= 0.3 is 0 Å². The molecule has 12 aromatic carbocycles. The maximum atomic E-state index is 15.0. The van der Waals surface area contributed by atoms with Gasteiger partial charge in [0.25, 0.3) is 0 Å². The number of hydrogen-bond acceptors (Lipinski definition) is 13. The van der Waals surface area contributed by atoms with Crippen LogP contribution in [0.15, 0.2) is 456 Å². The number of benzene rings is 12. The molecule has 0 saturated carbocycles. The zero-order chi connectivity index (χ0) is 90.2. The molecule has 0 spiro atoms. The highest BCUT2D eigenvalue weighted by molar-refractivity contribution is 7.86. The zero-order valence-electron chi connectivity index (χ0n) is 73.8. The average molecular weight is 1770 g/mol. The molecule has 13 nitrogen and oxygen atoms in total. The second kappa shape index (κ2) is 35.3. The first-order valence-corrected chi connectivity index (χ1v) is 49.4. The molecule has 22 rings (SSSR count). The van der Waals surface area contributed by atoms with Gasteiger partial charge in [0, 0.05) is 143 Å². The fourth-order valence-electron chi connectivity index (χ4n) is 19.0. The summed E-state index contributed by atoms with van der Waals surface area (Å²) in [5.74, 6) is 0. The number of anilines is 9. The van der Waals surface area contributed by atoms with E-state index in [2.05, 4.69) is 244 Å². The van der Waals surface area contributed by atoms with Gasteiger partial charge in [0.05, 0.1) is 63.1 Å². The molecule has 10 heterocycles. The Bertz CT molecular complexity index is 7040. The molecule has 19 aromatic rings. The molecule has 2 unspecified atom stereocenters. The van der Waals surface area contributed by atoms with E-state index in [1.165, 1.54) is 33.4 Å². The standard InChI is InChI=1S/C42H33N4OP.2C37H30N3OP/c1-42(2)35-27-30(37-17-9-11-25-43-37)19-22-39(35)46(40-23-20-31(28-36(40)42)38-18-10-12-26-44-38)32-21-24-41(45-29-32)48(47,33-13-5-3-6-14-33)34-15-7-4-8-16-34;1-37(2)33-14-6-7-15-35(33)40(36-21-16-27(24-34(36)37)28-10-8-22-38-25-28)29-17-19-31(20-18-29)42(41,30-11-4-3-5-12-30)32-13-9-23-39-26-32;1-37(2)32-14-6-7-16-35(32)40(36-22-17-27(25-33(36)37)34-15-8-9-24-39-34)28-18-20-30(21-19-28)42(41,29-11-4-3-5-12-29)31-13-10-23-38-26-31/h3-29H,1-2H3;2*3-26H,1-2H3. The summed E-state index contributed by atoms with van der Waals surface area (Å²) < 4.78 is 44.8. The van der Waals surface area contributed by atoms with E-state index in [0.717, 1.165) is 139 Å². The lowest BCUT2D eigenvalue weighted by molar-refractivity contribution is 0.591. The van der Waals surface area contributed by atoms with Crippen molar-refractivity contribution in [3.05, 3.63) is 490 Å². The first kappa shape index (κ1) is 84.9. The highest BCUT2D eigenvalue weighted by Crippen LogP contribution is 2.58. The van der Waals surface area contributed by atoms with Crippen LogP contribution in [0.4, 0.5) is 51.2 Å². The summed E-state index contributed by atoms with van der Waals surface area (Å²) >= 11 is 0. The van der Waals surface area contributed by atoms with Crippen molar-refractivity contribution in [3.63, 3.8) is 0 Å². The summed E-state index contributed by atoms with van der Waals surface area (Å²) in [7, 11) is -9.45. The van der Waals surface area contributed by atoms with Crippen molar-refractivity contribution < 1.29 is 13.7 Å². The lowest BCUT2D eigenvalue weighted by Gasteiger charge is -2.42. The number of para-hydroxylation sites is 2. The molecule has 0 bridgehead atoms. The molecular weight excluding hydrogens is 1670 g/mol. The van der Waals surface area contributed by atoms with Gasteiger partial charge in [-0.1, -0.05) is 248 Å². The van der Waals surface area contributed by atoms with E-state index in [0.29, 0.717) is 5.44 Å². The molecule has 0 radical (unpaired) electrons. The van der Waals surface area contributed by atoms with Crippen LogP contribution in [0.3, 0.4) is 0 Å². The number of hydrogen-bond donors (Lipinski definition) is 0. The van der Waals surface area contributed by atoms with Crippen molar-refractivity contribution in [3.8, 4) is 44.9 Å². The number of aromatic nitrogens is 7. The first-order valence-electron chi connectivity index (χ1n) is 44.2. The summed E-state index contributed by atoms with van der Waals surface area (Å²) in [6.07, 6.45) is 18.0. The normalized spacial score (nSPS) is 14.3. The van der Waals surface area contributed by atoms with Gasteiger partial charge in [0.1, 0.15) is 5.44 Å². The molecule has 16 heteroatoms. The van der Waals surface area contributed by atoms with Gasteiger partial charge in [-0.2, -0.15) is 0 Å². The Hall–Kier alpha value is -15.2. The minimum Gasteiger partial charge on any atom is -0.310 e. The lowest BCUT2D eigenvalue weighted by atomic mass is 9.72. The van der Waals surface area contributed by atoms with Gasteiger partial charge in [-0.05, 0) is 233 Å². The minimum absolute atomic E-state index is 0.204. The summed E-state index contributed by atoms with van der Waals surface area (Å²) in [4.78, 5) is 38.7. The van der Waals surface area contributed by atoms with Crippen LogP contribution in [0, 0.1) is 0 Å². The van der Waals surface area contributed by atoms with Crippen molar-refractivity contribution in [1.82, 2.24) is 34.9 Å². The number of nitrogens with zero attached hydrogens (tertiary/aromatic N) is 10. The topological polar surface area (TPSA) is 151 Å². The molecule has 0 fully saturated rings. The predicted octanol–water partition coefficient (Wildman–Crippen LogP) is 24.7. The van der Waals surface area contributed by atoms with Crippen molar-refractivity contribution >= 4 is 120 Å². The largest absolute Gasteiger partial charge is 0.310 e. The lowest BCUT2D eigenvalue weighted by Crippen LogP contribution is -2.31. The van der Waals surface area contributed by atoms with Gasteiger partial charge in [-0.3, -0.25) is 34.9 Å². The molecule has 0 N–H and O–H groups in total. The Morgan fingerprint density at radius 2 is 0.500 bits per heavy atom. The average Bonchev–Trinajstić information content (AvgIpc) is 0.729. The molecule has 640 valence electrons. The second-order valence-electron chi connectivity index (χ2n) is 34.7. The SMILES string of the molecule is CC1(C)c2cc(-c3ccccn3)ccc2N(c2ccc(P(=O)(c3ccccc3)c3ccccc3)nc2)c2ccc(-c3ccccn3)cc21.CC1(C)c2ccccc2N(c2ccc(P(=O)(c3ccccc3)c3cccnc3)cc2)c2ccc(-c3ccccn3)cc21.CC1(C)c2ccccc2N(c2ccc(P(=O)(c3ccccc3)c3cccnc3)cc2)c2ccc(-c3cccnc3)cc21. The van der Waals surface area contributed by atoms with Crippen molar-refractivity contribution in [2.24, 2.45) is 0 Å². The fourth-order valence-corrected chi connectivity index (χ4v) is 26.7. The molecule has 0 aliphatic carbocycles. The van der Waals surface area contributed by atoms with E-state index < -0.39 is 21.4 Å². The fraction of sp³-hybridized carbons (Fsp3) is 0.0776. The third-order valence-corrected chi connectivity index (χ3v) is 35.0. The van der Waals surface area contributed by atoms with Crippen LogP contribution in [0.2, 0.25) is 0 Å². The van der Waals surface area contributed by atoms with Gasteiger partial charge in [-0.15, -0.1) is 0 Å². The Labute approximate surface area is 770 Å². The molecule has 0 saturated heterocycles. The van der Waals surface area contributed by atoms with E-state index in [-0.39, 0.29) is 16.2 Å². The third-order valence-electron chi connectivity index (χ3n) is 25.9. The van der Waals surface area contributed by atoms with Crippen LogP contribution in [0.5, 0.6) is 0 Å². The summed E-state index contributed by atoms with van der Waals surface area (Å²) in [6, 6.07) is 133. The molecule has 132 heavy (non-hydrogen) atoms. The highest BCUT2D eigenvalue weighted by Gasteiger charge is 2.43. The Balaban J connectivity index is 0.000000124. The monoisotopic (exact) mass is 1770 g/mol. The highest BCUT2D eigenvalue weighted by atomic mass is 31.2. The number of pyridine rings is 7. The molecule has 3 aliphatic rings. The number of fused-ring (bicyclic) bond motifs is 6. The Morgan fingerprint density at radius 3 is 0.841 bits per heavy atom. The summed E-state index contributed by atoms with van der Waals surface area (Å²) in [6.45, 7) is 13.7. The molecule has 7 aromatic heterocycles. The smallest absolute Gasteiger partial charge is 0.188 e. The van der Waals surface area contributed by atoms with Crippen LogP contribution >= 0.6 is 21.4 Å². The Kier molecular flexibility index (Phi) is 22.7. The van der Waals surface area contributed by atoms with Gasteiger partial charge in [0.2, 0.25) is 0 Å². The molecule has 2 atom stereocenters. The van der Waals surface area contributed by atoms with Crippen molar-refractivity contribution in [1.29, 1.82) is 0 Å². The molecular formula is C116H93N10O3P3. The van der Waals surface area contributed by atoms with Crippen molar-refractivity contribution in [2.75, 3.05) is 14.7 Å². The van der Waals surface area contributed by atoms with Gasteiger partial charge < -0.3 is 28.4 Å². The maximum Gasteiger partial charge on any atom is 0.188 e. The third kappa shape index (κ3) is 15.4. The quantitative estimate of drug-likeness (QED) is 0.0845. The molecule has 3 aliphatic heterocycles. The Morgan fingerprint density at radius 1 is 0.205 bits per heavy atom. The van der Waals surface area contributed by atoms with Crippen LogP contribution in [0.25, 0.3) is 44.9 Å². The first-order chi connectivity index (χ1) is 64.4. The summed E-state index contributed by atoms with van der Waals surface area (Å²) in [5, 5.41) is 6.12. The van der Waals surface area contributed by atoms with Gasteiger partial charge in [0.15, 0.2) is 21.4 Å². The van der Waals surface area contributed by atoms with Crippen LogP contribution < -0.4 is 62.6 Å². The second-order valence-corrected chi connectivity index (χ2v) is 43.0. The maximum absolute atomic E-state index is 15.0. The van der Waals surface area contributed by atoms with Gasteiger partial charge in [-0.25, -0.2) is 0 Å². The predicted molar refractivity (Wildman–Crippen MR) is 544 cm³/mol. The van der Waals surface area contributed by atoms with Crippen molar-refractivity contribution in [2.45, 2.75) is 57.8 Å². The van der Waals surface area contributed by atoms with E-state index in [1.54, 1.807) is 31.0 Å². The summed E-state index contributed by atoms with van der Waals surface area (Å²) in [5.41, 5.74) is 25.1. The van der Waals surface area contributed by atoms with E-state index in [1.807, 2.05) is 268 Å². The van der Waals surface area contributed by atoms with E-state index >= 15 is 4.57 Å². The number of rotatable bonds is 16. The van der Waals surface area contributed by atoms with Crippen LogP contribution in [0.1, 0.15) is 74.9 Å². The van der Waals surface area contributed by atoms with E-state index in [4.69, 9.17) is 4.98 Å². The van der Waals surface area contributed by atoms with E-state index in [9.17, 15) is 9.13 Å².